The second kappa shape index (κ2) is 7.27. The average molecular weight is 418 g/mol. The van der Waals surface area contributed by atoms with E-state index < -0.39 is 20.8 Å². The zero-order chi connectivity index (χ0) is 20.8. The van der Waals surface area contributed by atoms with Gasteiger partial charge in [0, 0.05) is 18.7 Å². The first-order chi connectivity index (χ1) is 13.8. The van der Waals surface area contributed by atoms with E-state index in [2.05, 4.69) is 10.3 Å². The third-order valence-corrected chi connectivity index (χ3v) is 6.81. The number of rotatable bonds is 3. The maximum Gasteiger partial charge on any atom is 0.286 e. The van der Waals surface area contributed by atoms with E-state index in [1.165, 1.54) is 11.0 Å². The molecule has 29 heavy (non-hydrogen) atoms. The molecule has 1 saturated heterocycles. The van der Waals surface area contributed by atoms with Crippen LogP contribution in [0.5, 0.6) is 0 Å². The van der Waals surface area contributed by atoms with Crippen molar-refractivity contribution >= 4 is 26.5 Å². The van der Waals surface area contributed by atoms with Crippen LogP contribution in [-0.2, 0) is 25.9 Å². The summed E-state index contributed by atoms with van der Waals surface area (Å²) >= 11 is 0. The number of aromatic nitrogens is 1. The summed E-state index contributed by atoms with van der Waals surface area (Å²) in [6.45, 7) is 7.13. The molecule has 2 aliphatic rings. The number of sulfone groups is 1. The molecule has 0 atom stereocenters. The molecule has 10 heteroatoms. The SMILES string of the molecule is Cc1ccc2c(c1)N(Cc1c(C)noc1C)N=C(C(=O)N1CCOCC1)S2(=O)=O. The molecule has 154 valence electrons. The van der Waals surface area contributed by atoms with E-state index in [1.54, 1.807) is 24.1 Å². The number of amides is 1. The van der Waals surface area contributed by atoms with Gasteiger partial charge in [-0.1, -0.05) is 11.2 Å². The Balaban J connectivity index is 1.81. The van der Waals surface area contributed by atoms with E-state index in [0.717, 1.165) is 11.1 Å². The van der Waals surface area contributed by atoms with Crippen LogP contribution in [0.15, 0.2) is 32.7 Å². The van der Waals surface area contributed by atoms with Crippen molar-refractivity contribution in [3.63, 3.8) is 0 Å². The lowest BCUT2D eigenvalue weighted by molar-refractivity contribution is -0.127. The minimum Gasteiger partial charge on any atom is -0.378 e. The molecule has 2 aliphatic heterocycles. The van der Waals surface area contributed by atoms with Crippen molar-refractivity contribution < 1.29 is 22.5 Å². The Bertz CT molecular complexity index is 1080. The molecule has 0 unspecified atom stereocenters. The Morgan fingerprint density at radius 2 is 1.90 bits per heavy atom. The number of ether oxygens (including phenoxy) is 1. The fourth-order valence-corrected chi connectivity index (χ4v) is 4.90. The minimum atomic E-state index is -4.04. The van der Waals surface area contributed by atoms with Gasteiger partial charge in [0.15, 0.2) is 0 Å². The lowest BCUT2D eigenvalue weighted by atomic mass is 10.1. The van der Waals surface area contributed by atoms with Crippen LogP contribution < -0.4 is 5.01 Å². The summed E-state index contributed by atoms with van der Waals surface area (Å²) in [6, 6.07) is 5.00. The highest BCUT2D eigenvalue weighted by Crippen LogP contribution is 2.34. The molecule has 9 nitrogen and oxygen atoms in total. The van der Waals surface area contributed by atoms with Crippen molar-refractivity contribution in [2.75, 3.05) is 31.3 Å². The summed E-state index contributed by atoms with van der Waals surface area (Å²) in [5.74, 6) is 0.0182. The number of hydrogen-bond donors (Lipinski definition) is 0. The van der Waals surface area contributed by atoms with Crippen LogP contribution in [0.2, 0.25) is 0 Å². The van der Waals surface area contributed by atoms with E-state index in [0.29, 0.717) is 43.4 Å². The van der Waals surface area contributed by atoms with E-state index in [1.807, 2.05) is 13.8 Å². The highest BCUT2D eigenvalue weighted by atomic mass is 32.2. The summed E-state index contributed by atoms with van der Waals surface area (Å²) in [5, 5.41) is 9.34. The molecule has 2 aromatic rings. The Labute approximate surface area is 168 Å². The number of nitrogens with zero attached hydrogens (tertiary/aromatic N) is 4. The van der Waals surface area contributed by atoms with Crippen molar-refractivity contribution in [1.82, 2.24) is 10.1 Å². The van der Waals surface area contributed by atoms with Gasteiger partial charge in [-0.2, -0.15) is 5.10 Å². The smallest absolute Gasteiger partial charge is 0.286 e. The van der Waals surface area contributed by atoms with Crippen molar-refractivity contribution in [2.24, 2.45) is 5.10 Å². The maximum absolute atomic E-state index is 13.2. The topological polar surface area (TPSA) is 105 Å². The van der Waals surface area contributed by atoms with E-state index in [9.17, 15) is 13.2 Å². The number of benzene rings is 1. The summed E-state index contributed by atoms with van der Waals surface area (Å²) in [5.41, 5.74) is 2.82. The second-order valence-corrected chi connectivity index (χ2v) is 8.98. The number of carbonyl (C=O) groups excluding carboxylic acids is 1. The number of aryl methyl sites for hydroxylation is 3. The van der Waals surface area contributed by atoms with Crippen molar-refractivity contribution in [3.8, 4) is 0 Å². The Morgan fingerprint density at radius 1 is 1.17 bits per heavy atom. The lowest BCUT2D eigenvalue weighted by Crippen LogP contribution is -2.47. The third kappa shape index (κ3) is 3.42. The molecular formula is C19H22N4O5S. The number of anilines is 1. The number of fused-ring (bicyclic) bond motifs is 1. The zero-order valence-corrected chi connectivity index (χ0v) is 17.3. The molecule has 1 aromatic heterocycles. The first-order valence-electron chi connectivity index (χ1n) is 9.29. The van der Waals surface area contributed by atoms with Gasteiger partial charge in [0.2, 0.25) is 14.9 Å². The summed E-state index contributed by atoms with van der Waals surface area (Å²) in [6.07, 6.45) is 0. The van der Waals surface area contributed by atoms with Crippen molar-refractivity contribution in [3.05, 3.63) is 40.8 Å². The number of carbonyl (C=O) groups is 1. The van der Waals surface area contributed by atoms with Crippen LogP contribution in [0, 0.1) is 20.8 Å². The average Bonchev–Trinajstić information content (AvgIpc) is 3.02. The van der Waals surface area contributed by atoms with Crippen LogP contribution in [0.25, 0.3) is 0 Å². The van der Waals surface area contributed by atoms with Crippen molar-refractivity contribution in [2.45, 2.75) is 32.2 Å². The van der Waals surface area contributed by atoms with Gasteiger partial charge >= 0.3 is 0 Å². The first-order valence-corrected chi connectivity index (χ1v) is 10.8. The standard InChI is InChI=1S/C19H22N4O5S/c1-12-4-5-17-16(10-12)23(11-15-13(2)21-28-14(15)3)20-18(29(17,25)26)19(24)22-6-8-27-9-7-22/h4-5,10H,6-9,11H2,1-3H3. The molecule has 1 fully saturated rings. The molecule has 1 aromatic carbocycles. The van der Waals surface area contributed by atoms with E-state index >= 15 is 0 Å². The van der Waals surface area contributed by atoms with E-state index in [4.69, 9.17) is 9.26 Å². The highest BCUT2D eigenvalue weighted by molar-refractivity contribution is 8.08. The molecule has 0 spiro atoms. The van der Waals surface area contributed by atoms with Gasteiger partial charge in [-0.15, -0.1) is 0 Å². The van der Waals surface area contributed by atoms with Gasteiger partial charge in [0.25, 0.3) is 5.91 Å². The quantitative estimate of drug-likeness (QED) is 0.745. The molecule has 3 heterocycles. The fourth-order valence-electron chi connectivity index (χ4n) is 3.44. The molecule has 0 saturated carbocycles. The molecule has 0 radical (unpaired) electrons. The number of morpholine rings is 1. The molecule has 1 amide bonds. The number of hydrazone groups is 1. The van der Waals surface area contributed by atoms with Gasteiger partial charge < -0.3 is 14.2 Å². The first kappa shape index (κ1) is 19.6. The van der Waals surface area contributed by atoms with Crippen LogP contribution in [-0.4, -0.2) is 55.7 Å². The van der Waals surface area contributed by atoms with Gasteiger partial charge in [-0.3, -0.25) is 9.80 Å². The lowest BCUT2D eigenvalue weighted by Gasteiger charge is -2.31. The molecule has 0 aliphatic carbocycles. The molecule has 0 N–H and O–H groups in total. The maximum atomic E-state index is 13.2. The molecular weight excluding hydrogens is 396 g/mol. The predicted octanol–water partition coefficient (Wildman–Crippen LogP) is 1.57. The highest BCUT2D eigenvalue weighted by Gasteiger charge is 2.40. The van der Waals surface area contributed by atoms with Gasteiger partial charge in [-0.25, -0.2) is 8.42 Å². The summed E-state index contributed by atoms with van der Waals surface area (Å²) in [4.78, 5) is 14.6. The number of hydrogen-bond acceptors (Lipinski definition) is 8. The molecule has 0 bridgehead atoms. The second-order valence-electron chi connectivity index (χ2n) is 7.14. The van der Waals surface area contributed by atoms with Crippen LogP contribution in [0.4, 0.5) is 5.69 Å². The normalized spacial score (nSPS) is 18.4. The van der Waals surface area contributed by atoms with Gasteiger partial charge in [-0.05, 0) is 38.5 Å². The minimum absolute atomic E-state index is 0.0708. The Morgan fingerprint density at radius 3 is 2.55 bits per heavy atom. The zero-order valence-electron chi connectivity index (χ0n) is 16.5. The largest absolute Gasteiger partial charge is 0.378 e. The third-order valence-electron chi connectivity index (χ3n) is 5.12. The monoisotopic (exact) mass is 418 g/mol. The van der Waals surface area contributed by atoms with Crippen molar-refractivity contribution in [1.29, 1.82) is 0 Å². The van der Waals surface area contributed by atoms with Crippen LogP contribution in [0.1, 0.15) is 22.6 Å². The molecule has 4 rings (SSSR count). The van der Waals surface area contributed by atoms with E-state index in [-0.39, 0.29) is 11.4 Å². The fraction of sp³-hybridized carbons (Fsp3) is 0.421. The summed E-state index contributed by atoms with van der Waals surface area (Å²) < 4.78 is 36.9. The predicted molar refractivity (Wildman–Crippen MR) is 105 cm³/mol. The van der Waals surface area contributed by atoms with Crippen LogP contribution in [0.3, 0.4) is 0 Å². The van der Waals surface area contributed by atoms with Gasteiger partial charge in [0.1, 0.15) is 5.76 Å². The summed E-state index contributed by atoms with van der Waals surface area (Å²) in [7, 11) is -4.04. The van der Waals surface area contributed by atoms with Crippen LogP contribution >= 0.6 is 0 Å². The van der Waals surface area contributed by atoms with Gasteiger partial charge in [0.05, 0.1) is 36.0 Å². The Hall–Kier alpha value is -2.72. The Kier molecular flexibility index (Phi) is 4.91.